The number of alkyl halides is 3. The minimum atomic E-state index is -4.72. The van der Waals surface area contributed by atoms with Gasteiger partial charge in [-0.15, -0.1) is 10.2 Å². The van der Waals surface area contributed by atoms with E-state index in [2.05, 4.69) is 10.2 Å². The normalized spacial score (nSPS) is 11.4. The minimum Gasteiger partial charge on any atom is -0.293 e. The molecular weight excluding hydrogens is 276 g/mol. The molecule has 0 N–H and O–H groups in total. The first-order chi connectivity index (χ1) is 9.29. The highest BCUT2D eigenvalue weighted by molar-refractivity contribution is 5.93. The molecule has 0 saturated heterocycles. The zero-order valence-electron chi connectivity index (χ0n) is 10.2. The molecule has 0 aliphatic heterocycles. The zero-order valence-corrected chi connectivity index (χ0v) is 10.2. The van der Waals surface area contributed by atoms with Gasteiger partial charge in [0.05, 0.1) is 11.3 Å². The van der Waals surface area contributed by atoms with E-state index in [1.54, 1.807) is 0 Å². The zero-order chi connectivity index (χ0) is 14.9. The second-order valence-electron chi connectivity index (χ2n) is 4.05. The number of benzene rings is 1. The number of Topliss-reactive ketones (excluding diaryl/α,β-unsaturated/α-hetero) is 1. The van der Waals surface area contributed by atoms with Gasteiger partial charge in [-0.05, 0) is 30.3 Å². The molecule has 0 aliphatic carbocycles. The lowest BCUT2D eigenvalue weighted by molar-refractivity contribution is -0.138. The van der Waals surface area contributed by atoms with Crippen LogP contribution in [0.15, 0.2) is 30.3 Å². The summed E-state index contributed by atoms with van der Waals surface area (Å²) in [6, 6.07) is 5.50. The maximum Gasteiger partial charge on any atom is 0.418 e. The standard InChI is InChI=1S/C13H8F4N2O/c1-7(20)12-10(13(15,16)17)6-11(18-19-12)8-2-4-9(14)5-3-8/h2-6H,1H3. The van der Waals surface area contributed by atoms with Gasteiger partial charge in [-0.3, -0.25) is 4.79 Å². The highest BCUT2D eigenvalue weighted by atomic mass is 19.4. The fourth-order valence-corrected chi connectivity index (χ4v) is 1.63. The first-order valence-corrected chi connectivity index (χ1v) is 5.51. The first kappa shape index (κ1) is 14.1. The van der Waals surface area contributed by atoms with Crippen molar-refractivity contribution in [3.8, 4) is 11.3 Å². The molecule has 0 aliphatic rings. The molecule has 0 spiro atoms. The second kappa shape index (κ2) is 4.99. The van der Waals surface area contributed by atoms with E-state index < -0.39 is 29.0 Å². The lowest BCUT2D eigenvalue weighted by Crippen LogP contribution is -2.15. The summed E-state index contributed by atoms with van der Waals surface area (Å²) in [5, 5.41) is 6.91. The van der Waals surface area contributed by atoms with Crippen molar-refractivity contribution >= 4 is 5.78 Å². The molecule has 1 heterocycles. The van der Waals surface area contributed by atoms with Crippen LogP contribution in [0.4, 0.5) is 17.6 Å². The molecule has 7 heteroatoms. The van der Waals surface area contributed by atoms with Crippen LogP contribution in [0.25, 0.3) is 11.3 Å². The van der Waals surface area contributed by atoms with E-state index in [0.717, 1.165) is 25.1 Å². The molecule has 0 atom stereocenters. The van der Waals surface area contributed by atoms with E-state index >= 15 is 0 Å². The van der Waals surface area contributed by atoms with Crippen molar-refractivity contribution in [1.82, 2.24) is 10.2 Å². The molecule has 0 amide bonds. The predicted molar refractivity (Wildman–Crippen MR) is 62.4 cm³/mol. The summed E-state index contributed by atoms with van der Waals surface area (Å²) in [7, 11) is 0. The lowest BCUT2D eigenvalue weighted by atomic mass is 10.1. The average Bonchev–Trinajstić information content (AvgIpc) is 2.38. The third-order valence-electron chi connectivity index (χ3n) is 2.57. The Morgan fingerprint density at radius 1 is 1.10 bits per heavy atom. The molecule has 0 fully saturated rings. The van der Waals surface area contributed by atoms with Crippen LogP contribution in [0.3, 0.4) is 0 Å². The Kier molecular flexibility index (Phi) is 3.52. The van der Waals surface area contributed by atoms with Gasteiger partial charge in [0.2, 0.25) is 0 Å². The number of hydrogen-bond donors (Lipinski definition) is 0. The Bertz CT molecular complexity index is 650. The number of carbonyl (C=O) groups is 1. The van der Waals surface area contributed by atoms with Crippen LogP contribution in [-0.2, 0) is 6.18 Å². The number of rotatable bonds is 2. The third kappa shape index (κ3) is 2.81. The molecule has 2 aromatic rings. The van der Waals surface area contributed by atoms with Crippen LogP contribution in [0.2, 0.25) is 0 Å². The molecule has 104 valence electrons. The number of ketones is 1. The maximum absolute atomic E-state index is 12.9. The van der Waals surface area contributed by atoms with Crippen molar-refractivity contribution in [2.45, 2.75) is 13.1 Å². The molecule has 1 aromatic carbocycles. The minimum absolute atomic E-state index is 0.0812. The van der Waals surface area contributed by atoms with Crippen LogP contribution in [0.5, 0.6) is 0 Å². The number of nitrogens with zero attached hydrogens (tertiary/aromatic N) is 2. The molecule has 0 radical (unpaired) electrons. The van der Waals surface area contributed by atoms with E-state index in [-0.39, 0.29) is 11.3 Å². The smallest absolute Gasteiger partial charge is 0.293 e. The van der Waals surface area contributed by atoms with Gasteiger partial charge in [0.25, 0.3) is 0 Å². The molecule has 0 saturated carbocycles. The summed E-state index contributed by atoms with van der Waals surface area (Å²) >= 11 is 0. The molecule has 3 nitrogen and oxygen atoms in total. The van der Waals surface area contributed by atoms with Crippen LogP contribution < -0.4 is 0 Å². The van der Waals surface area contributed by atoms with E-state index in [1.165, 1.54) is 12.1 Å². The predicted octanol–water partition coefficient (Wildman–Crippen LogP) is 3.50. The van der Waals surface area contributed by atoms with Crippen LogP contribution in [0.1, 0.15) is 23.0 Å². The Morgan fingerprint density at radius 3 is 2.20 bits per heavy atom. The molecule has 20 heavy (non-hydrogen) atoms. The summed E-state index contributed by atoms with van der Waals surface area (Å²) in [5.41, 5.74) is -1.69. The topological polar surface area (TPSA) is 42.9 Å². The number of halogens is 4. The molecular formula is C13H8F4N2O. The Morgan fingerprint density at radius 2 is 1.70 bits per heavy atom. The summed E-state index contributed by atoms with van der Waals surface area (Å²) in [5.74, 6) is -1.34. The summed E-state index contributed by atoms with van der Waals surface area (Å²) in [6.45, 7) is 0.983. The number of carbonyl (C=O) groups excluding carboxylic acids is 1. The van der Waals surface area contributed by atoms with Crippen molar-refractivity contribution < 1.29 is 22.4 Å². The fourth-order valence-electron chi connectivity index (χ4n) is 1.63. The van der Waals surface area contributed by atoms with Gasteiger partial charge in [0, 0.05) is 12.5 Å². The fraction of sp³-hybridized carbons (Fsp3) is 0.154. The van der Waals surface area contributed by atoms with Crippen molar-refractivity contribution in [3.05, 3.63) is 47.4 Å². The van der Waals surface area contributed by atoms with Crippen LogP contribution in [-0.4, -0.2) is 16.0 Å². The highest BCUT2D eigenvalue weighted by Gasteiger charge is 2.36. The second-order valence-corrected chi connectivity index (χ2v) is 4.05. The first-order valence-electron chi connectivity index (χ1n) is 5.51. The molecule has 0 bridgehead atoms. The lowest BCUT2D eigenvalue weighted by Gasteiger charge is -2.11. The Hall–Kier alpha value is -2.31. The van der Waals surface area contributed by atoms with Crippen LogP contribution >= 0.6 is 0 Å². The van der Waals surface area contributed by atoms with Gasteiger partial charge >= 0.3 is 6.18 Å². The molecule has 0 unspecified atom stereocenters. The Labute approximate surface area is 111 Å². The van der Waals surface area contributed by atoms with Gasteiger partial charge < -0.3 is 0 Å². The molecule has 2 rings (SSSR count). The van der Waals surface area contributed by atoms with E-state index in [0.29, 0.717) is 0 Å². The SMILES string of the molecule is CC(=O)c1nnc(-c2ccc(F)cc2)cc1C(F)(F)F. The van der Waals surface area contributed by atoms with Crippen molar-refractivity contribution in [1.29, 1.82) is 0 Å². The monoisotopic (exact) mass is 284 g/mol. The summed E-state index contributed by atoms with van der Waals surface area (Å²) in [6.07, 6.45) is -4.72. The number of hydrogen-bond acceptors (Lipinski definition) is 3. The third-order valence-corrected chi connectivity index (χ3v) is 2.57. The number of aromatic nitrogens is 2. The molecule has 1 aromatic heterocycles. The average molecular weight is 284 g/mol. The van der Waals surface area contributed by atoms with E-state index in [9.17, 15) is 22.4 Å². The van der Waals surface area contributed by atoms with Gasteiger partial charge in [0.1, 0.15) is 11.5 Å². The summed E-state index contributed by atoms with van der Waals surface area (Å²) in [4.78, 5) is 11.2. The quantitative estimate of drug-likeness (QED) is 0.626. The highest BCUT2D eigenvalue weighted by Crippen LogP contribution is 2.33. The van der Waals surface area contributed by atoms with Gasteiger partial charge in [-0.1, -0.05) is 0 Å². The van der Waals surface area contributed by atoms with Crippen molar-refractivity contribution in [2.75, 3.05) is 0 Å². The van der Waals surface area contributed by atoms with Crippen molar-refractivity contribution in [2.24, 2.45) is 0 Å². The van der Waals surface area contributed by atoms with Gasteiger partial charge in [0.15, 0.2) is 5.78 Å². The Balaban J connectivity index is 2.58. The van der Waals surface area contributed by atoms with E-state index in [4.69, 9.17) is 0 Å². The largest absolute Gasteiger partial charge is 0.418 e. The van der Waals surface area contributed by atoms with Gasteiger partial charge in [-0.25, -0.2) is 4.39 Å². The van der Waals surface area contributed by atoms with Crippen molar-refractivity contribution in [3.63, 3.8) is 0 Å². The van der Waals surface area contributed by atoms with Crippen LogP contribution in [0, 0.1) is 5.82 Å². The van der Waals surface area contributed by atoms with E-state index in [1.807, 2.05) is 0 Å². The summed E-state index contributed by atoms with van der Waals surface area (Å²) < 4.78 is 51.4. The maximum atomic E-state index is 12.9. The van der Waals surface area contributed by atoms with Gasteiger partial charge in [-0.2, -0.15) is 13.2 Å².